The molecule has 3 N–H and O–H groups in total. The van der Waals surface area contributed by atoms with Crippen molar-refractivity contribution < 1.29 is 0 Å². The molecule has 0 radical (unpaired) electrons. The number of aromatic nitrogens is 2. The smallest absolute Gasteiger partial charge is 0.144 e. The highest BCUT2D eigenvalue weighted by Gasteiger charge is 2.19. The molecule has 1 aromatic heterocycles. The van der Waals surface area contributed by atoms with Crippen molar-refractivity contribution in [3.63, 3.8) is 0 Å². The number of nitrogens with two attached hydrogens (primary N) is 1. The van der Waals surface area contributed by atoms with Gasteiger partial charge in [-0.25, -0.2) is 9.97 Å². The van der Waals surface area contributed by atoms with E-state index >= 15 is 0 Å². The number of anilines is 1. The predicted octanol–water partition coefficient (Wildman–Crippen LogP) is 2.49. The summed E-state index contributed by atoms with van der Waals surface area (Å²) < 4.78 is 0. The largest absolute Gasteiger partial charge is 0.388 e. The van der Waals surface area contributed by atoms with Crippen LogP contribution >= 0.6 is 12.2 Å². The van der Waals surface area contributed by atoms with E-state index in [4.69, 9.17) is 18.0 Å². The molecule has 18 heavy (non-hydrogen) atoms. The first-order valence-electron chi connectivity index (χ1n) is 6.57. The predicted molar refractivity (Wildman–Crippen MR) is 77.6 cm³/mol. The fourth-order valence-electron chi connectivity index (χ4n) is 2.45. The molecule has 0 amide bonds. The number of hydrogen-bond donors (Lipinski definition) is 2. The Labute approximate surface area is 113 Å². The van der Waals surface area contributed by atoms with Crippen LogP contribution in [0.4, 0.5) is 5.82 Å². The van der Waals surface area contributed by atoms with Crippen molar-refractivity contribution >= 4 is 23.0 Å². The van der Waals surface area contributed by atoms with Gasteiger partial charge in [-0.3, -0.25) is 0 Å². The molecule has 4 nitrogen and oxygen atoms in total. The molecule has 1 aromatic rings. The van der Waals surface area contributed by atoms with Crippen LogP contribution in [0.2, 0.25) is 0 Å². The summed E-state index contributed by atoms with van der Waals surface area (Å²) >= 11 is 4.85. The third-order valence-electron chi connectivity index (χ3n) is 3.68. The van der Waals surface area contributed by atoms with Crippen molar-refractivity contribution in [3.05, 3.63) is 18.1 Å². The SMILES string of the molecule is CCC1CCC(Nc2cnc(C(N)=S)cn2)CC1. The highest BCUT2D eigenvalue weighted by atomic mass is 32.1. The van der Waals surface area contributed by atoms with Crippen molar-refractivity contribution in [2.75, 3.05) is 5.32 Å². The highest BCUT2D eigenvalue weighted by Crippen LogP contribution is 2.27. The third kappa shape index (κ3) is 3.38. The van der Waals surface area contributed by atoms with Gasteiger partial charge in [0.1, 0.15) is 16.5 Å². The zero-order valence-electron chi connectivity index (χ0n) is 10.7. The molecule has 1 saturated carbocycles. The van der Waals surface area contributed by atoms with Gasteiger partial charge >= 0.3 is 0 Å². The summed E-state index contributed by atoms with van der Waals surface area (Å²) in [5.41, 5.74) is 6.06. The molecular formula is C13H20N4S. The van der Waals surface area contributed by atoms with Gasteiger partial charge in [0.2, 0.25) is 0 Å². The van der Waals surface area contributed by atoms with Crippen LogP contribution < -0.4 is 11.1 Å². The van der Waals surface area contributed by atoms with Crippen molar-refractivity contribution in [1.29, 1.82) is 0 Å². The summed E-state index contributed by atoms with van der Waals surface area (Å²) in [4.78, 5) is 8.77. The van der Waals surface area contributed by atoms with Crippen LogP contribution in [0.3, 0.4) is 0 Å². The molecule has 1 fully saturated rings. The summed E-state index contributed by atoms with van der Waals surface area (Å²) in [5, 5.41) is 3.43. The number of nitrogens with zero attached hydrogens (tertiary/aromatic N) is 2. The first-order chi connectivity index (χ1) is 8.69. The average molecular weight is 264 g/mol. The molecule has 0 atom stereocenters. The number of rotatable bonds is 4. The molecule has 0 spiro atoms. The topological polar surface area (TPSA) is 63.8 Å². The number of thiocarbonyl (C=S) groups is 1. The monoisotopic (exact) mass is 264 g/mol. The van der Waals surface area contributed by atoms with Gasteiger partial charge in [0.05, 0.1) is 12.4 Å². The normalized spacial score (nSPS) is 23.6. The maximum atomic E-state index is 5.49. The first-order valence-corrected chi connectivity index (χ1v) is 6.98. The summed E-state index contributed by atoms with van der Waals surface area (Å²) in [6.07, 6.45) is 9.70. The van der Waals surface area contributed by atoms with Gasteiger partial charge in [0.15, 0.2) is 0 Å². The standard InChI is InChI=1S/C13H20N4S/c1-2-9-3-5-10(6-4-9)17-12-8-15-11(7-16-12)13(14)18/h7-10H,2-6H2,1H3,(H2,14,18)(H,16,17). The minimum absolute atomic E-state index is 0.289. The fourth-order valence-corrected chi connectivity index (χ4v) is 2.56. The van der Waals surface area contributed by atoms with Gasteiger partial charge < -0.3 is 11.1 Å². The molecule has 0 bridgehead atoms. The van der Waals surface area contributed by atoms with Crippen LogP contribution in [-0.2, 0) is 0 Å². The molecule has 1 aliphatic rings. The molecule has 98 valence electrons. The minimum atomic E-state index is 0.289. The van der Waals surface area contributed by atoms with Crippen molar-refractivity contribution in [2.45, 2.75) is 45.1 Å². The van der Waals surface area contributed by atoms with E-state index < -0.39 is 0 Å². The Balaban J connectivity index is 1.88. The van der Waals surface area contributed by atoms with E-state index in [0.29, 0.717) is 11.7 Å². The summed E-state index contributed by atoms with van der Waals surface area (Å²) in [6, 6.07) is 0.526. The molecule has 1 aliphatic carbocycles. The zero-order chi connectivity index (χ0) is 13.0. The van der Waals surface area contributed by atoms with Gasteiger partial charge in [-0.2, -0.15) is 0 Å². The highest BCUT2D eigenvalue weighted by molar-refractivity contribution is 7.80. The number of nitrogens with one attached hydrogen (secondary N) is 1. The lowest BCUT2D eigenvalue weighted by Crippen LogP contribution is -2.26. The second-order valence-corrected chi connectivity index (χ2v) is 5.36. The quantitative estimate of drug-likeness (QED) is 0.818. The molecule has 0 aliphatic heterocycles. The van der Waals surface area contributed by atoms with Gasteiger partial charge in [0, 0.05) is 6.04 Å². The van der Waals surface area contributed by atoms with Crippen LogP contribution in [-0.4, -0.2) is 21.0 Å². The average Bonchev–Trinajstić information content (AvgIpc) is 2.40. The third-order valence-corrected chi connectivity index (χ3v) is 3.89. The first kappa shape index (κ1) is 13.2. The van der Waals surface area contributed by atoms with Crippen LogP contribution in [0.25, 0.3) is 0 Å². The molecule has 1 heterocycles. The van der Waals surface area contributed by atoms with E-state index in [-0.39, 0.29) is 4.99 Å². The Kier molecular flexibility index (Phi) is 4.47. The van der Waals surface area contributed by atoms with Gasteiger partial charge in [-0.05, 0) is 31.6 Å². The van der Waals surface area contributed by atoms with E-state index in [1.807, 2.05) is 0 Å². The maximum absolute atomic E-state index is 5.49. The van der Waals surface area contributed by atoms with E-state index in [1.165, 1.54) is 32.1 Å². The lowest BCUT2D eigenvalue weighted by atomic mass is 9.84. The minimum Gasteiger partial charge on any atom is -0.388 e. The molecule has 0 unspecified atom stereocenters. The second kappa shape index (κ2) is 6.09. The molecule has 5 heteroatoms. The maximum Gasteiger partial charge on any atom is 0.144 e. The summed E-state index contributed by atoms with van der Waals surface area (Å²) in [7, 11) is 0. The fraction of sp³-hybridized carbons (Fsp3) is 0.615. The molecule has 0 saturated heterocycles. The van der Waals surface area contributed by atoms with Crippen LogP contribution in [0.5, 0.6) is 0 Å². The van der Waals surface area contributed by atoms with Crippen molar-refractivity contribution in [3.8, 4) is 0 Å². The Morgan fingerprint density at radius 2 is 2.06 bits per heavy atom. The number of hydrogen-bond acceptors (Lipinski definition) is 4. The van der Waals surface area contributed by atoms with Crippen LogP contribution in [0.15, 0.2) is 12.4 Å². The Bertz CT molecular complexity index is 396. The second-order valence-electron chi connectivity index (χ2n) is 4.92. The zero-order valence-corrected chi connectivity index (χ0v) is 11.5. The van der Waals surface area contributed by atoms with E-state index in [0.717, 1.165) is 11.7 Å². The van der Waals surface area contributed by atoms with E-state index in [9.17, 15) is 0 Å². The van der Waals surface area contributed by atoms with Gasteiger partial charge in [-0.15, -0.1) is 0 Å². The van der Waals surface area contributed by atoms with Gasteiger partial charge in [0.25, 0.3) is 0 Å². The van der Waals surface area contributed by atoms with Crippen molar-refractivity contribution in [1.82, 2.24) is 9.97 Å². The lowest BCUT2D eigenvalue weighted by Gasteiger charge is -2.28. The Hall–Kier alpha value is -1.23. The van der Waals surface area contributed by atoms with Crippen molar-refractivity contribution in [2.24, 2.45) is 11.7 Å². The van der Waals surface area contributed by atoms with E-state index in [2.05, 4.69) is 22.2 Å². The van der Waals surface area contributed by atoms with Gasteiger partial charge in [-0.1, -0.05) is 25.6 Å². The molecular weight excluding hydrogens is 244 g/mol. The van der Waals surface area contributed by atoms with Crippen LogP contribution in [0.1, 0.15) is 44.7 Å². The Morgan fingerprint density at radius 1 is 1.33 bits per heavy atom. The molecule has 0 aromatic carbocycles. The van der Waals surface area contributed by atoms with E-state index in [1.54, 1.807) is 12.4 Å². The molecule has 2 rings (SSSR count). The summed E-state index contributed by atoms with van der Waals surface area (Å²) in [6.45, 7) is 2.28. The lowest BCUT2D eigenvalue weighted by molar-refractivity contribution is 0.330. The Morgan fingerprint density at radius 3 is 2.56 bits per heavy atom. The van der Waals surface area contributed by atoms with Crippen LogP contribution in [0, 0.1) is 5.92 Å². The summed E-state index contributed by atoms with van der Waals surface area (Å²) in [5.74, 6) is 1.72.